The topological polar surface area (TPSA) is 104 Å². The van der Waals surface area contributed by atoms with Crippen LogP contribution in [0.3, 0.4) is 0 Å². The van der Waals surface area contributed by atoms with E-state index in [4.69, 9.17) is 0 Å². The minimum absolute atomic E-state index is 0.0366. The molecule has 1 fully saturated rings. The largest absolute Gasteiger partial charge is 0.354 e. The zero-order valence-electron chi connectivity index (χ0n) is 14.5. The summed E-state index contributed by atoms with van der Waals surface area (Å²) < 4.78 is 26.7. The molecule has 0 heterocycles. The Morgan fingerprint density at radius 1 is 1.20 bits per heavy atom. The van der Waals surface area contributed by atoms with Crippen LogP contribution in [-0.4, -0.2) is 38.9 Å². The van der Waals surface area contributed by atoms with Gasteiger partial charge in [0.15, 0.2) is 0 Å². The molecule has 0 unspecified atom stereocenters. The van der Waals surface area contributed by atoms with Gasteiger partial charge in [-0.05, 0) is 50.5 Å². The maximum Gasteiger partial charge on any atom is 0.251 e. The Hall–Kier alpha value is -1.93. The van der Waals surface area contributed by atoms with E-state index in [9.17, 15) is 18.0 Å². The first-order chi connectivity index (χ1) is 11.8. The standard InChI is InChI=1S/C17H25N3O4S/c1-3-12(2)19-16(21)10-11-18-17(22)13-4-8-15(9-5-13)25(23,24)20-14-6-7-14/h4-5,8-9,12,14,20H,3,6-7,10-11H2,1-2H3,(H,18,22)(H,19,21)/t12-/m1/s1. The first-order valence-corrected chi connectivity index (χ1v) is 10.00. The Labute approximate surface area is 148 Å². The van der Waals surface area contributed by atoms with Crippen LogP contribution in [-0.2, 0) is 14.8 Å². The van der Waals surface area contributed by atoms with Crippen molar-refractivity contribution >= 4 is 21.8 Å². The Bertz CT molecular complexity index is 712. The van der Waals surface area contributed by atoms with Gasteiger partial charge in [0.1, 0.15) is 0 Å². The second kappa shape index (κ2) is 8.44. The van der Waals surface area contributed by atoms with Crippen molar-refractivity contribution in [3.8, 4) is 0 Å². The number of hydrogen-bond donors (Lipinski definition) is 3. The van der Waals surface area contributed by atoms with Gasteiger partial charge in [-0.1, -0.05) is 6.92 Å². The zero-order chi connectivity index (χ0) is 18.4. The summed E-state index contributed by atoms with van der Waals surface area (Å²) in [6, 6.07) is 5.91. The summed E-state index contributed by atoms with van der Waals surface area (Å²) in [7, 11) is -3.52. The Balaban J connectivity index is 1.83. The van der Waals surface area contributed by atoms with Crippen LogP contribution in [0.1, 0.15) is 49.9 Å². The van der Waals surface area contributed by atoms with Crippen LogP contribution < -0.4 is 15.4 Å². The van der Waals surface area contributed by atoms with Crippen molar-refractivity contribution in [2.45, 2.75) is 56.5 Å². The Morgan fingerprint density at radius 2 is 1.84 bits per heavy atom. The van der Waals surface area contributed by atoms with Gasteiger partial charge in [0, 0.05) is 30.6 Å². The van der Waals surface area contributed by atoms with E-state index < -0.39 is 10.0 Å². The summed E-state index contributed by atoms with van der Waals surface area (Å²) in [4.78, 5) is 23.8. The number of carbonyl (C=O) groups is 2. The summed E-state index contributed by atoms with van der Waals surface area (Å²) in [6.07, 6.45) is 2.78. The molecule has 8 heteroatoms. The van der Waals surface area contributed by atoms with E-state index in [1.807, 2.05) is 13.8 Å². The van der Waals surface area contributed by atoms with Gasteiger partial charge in [-0.25, -0.2) is 13.1 Å². The van der Waals surface area contributed by atoms with Gasteiger partial charge < -0.3 is 10.6 Å². The maximum absolute atomic E-state index is 12.1. The van der Waals surface area contributed by atoms with Crippen molar-refractivity contribution in [1.29, 1.82) is 0 Å². The van der Waals surface area contributed by atoms with E-state index in [0.717, 1.165) is 19.3 Å². The van der Waals surface area contributed by atoms with E-state index in [-0.39, 0.29) is 41.8 Å². The van der Waals surface area contributed by atoms with E-state index in [1.165, 1.54) is 24.3 Å². The molecule has 1 aromatic carbocycles. The fourth-order valence-electron chi connectivity index (χ4n) is 2.11. The molecule has 1 atom stereocenters. The molecule has 1 aromatic rings. The number of nitrogens with one attached hydrogen (secondary N) is 3. The Kier molecular flexibility index (Phi) is 6.55. The van der Waals surface area contributed by atoms with Crippen molar-refractivity contribution in [2.24, 2.45) is 0 Å². The molecule has 2 amide bonds. The van der Waals surface area contributed by atoms with Gasteiger partial charge in [0.2, 0.25) is 15.9 Å². The molecular weight excluding hydrogens is 342 g/mol. The highest BCUT2D eigenvalue weighted by molar-refractivity contribution is 7.89. The lowest BCUT2D eigenvalue weighted by Crippen LogP contribution is -2.35. The van der Waals surface area contributed by atoms with Crippen molar-refractivity contribution in [2.75, 3.05) is 6.54 Å². The van der Waals surface area contributed by atoms with Gasteiger partial charge in [0.05, 0.1) is 4.90 Å². The quantitative estimate of drug-likeness (QED) is 0.609. The minimum Gasteiger partial charge on any atom is -0.354 e. The second-order valence-electron chi connectivity index (χ2n) is 6.30. The number of benzene rings is 1. The maximum atomic E-state index is 12.1. The molecule has 3 N–H and O–H groups in total. The molecule has 138 valence electrons. The normalized spacial score (nSPS) is 15.4. The van der Waals surface area contributed by atoms with Gasteiger partial charge >= 0.3 is 0 Å². The fraction of sp³-hybridized carbons (Fsp3) is 0.529. The highest BCUT2D eigenvalue weighted by Crippen LogP contribution is 2.22. The van der Waals surface area contributed by atoms with Crippen LogP contribution in [0.4, 0.5) is 0 Å². The van der Waals surface area contributed by atoms with Crippen molar-refractivity contribution in [3.05, 3.63) is 29.8 Å². The third-order valence-corrected chi connectivity index (χ3v) is 5.52. The molecule has 0 aromatic heterocycles. The van der Waals surface area contributed by atoms with E-state index in [2.05, 4.69) is 15.4 Å². The smallest absolute Gasteiger partial charge is 0.251 e. The number of sulfonamides is 1. The van der Waals surface area contributed by atoms with Crippen LogP contribution in [0.15, 0.2) is 29.2 Å². The molecule has 0 bridgehead atoms. The highest BCUT2D eigenvalue weighted by Gasteiger charge is 2.27. The van der Waals surface area contributed by atoms with Crippen LogP contribution >= 0.6 is 0 Å². The van der Waals surface area contributed by atoms with E-state index in [1.54, 1.807) is 0 Å². The SMILES string of the molecule is CC[C@@H](C)NC(=O)CCNC(=O)c1ccc(S(=O)(=O)NC2CC2)cc1. The van der Waals surface area contributed by atoms with Gasteiger partial charge in [-0.2, -0.15) is 0 Å². The third kappa shape index (κ3) is 6.13. The van der Waals surface area contributed by atoms with Gasteiger partial charge in [-0.3, -0.25) is 9.59 Å². The molecule has 0 aliphatic heterocycles. The molecule has 7 nitrogen and oxygen atoms in total. The van der Waals surface area contributed by atoms with Crippen molar-refractivity contribution in [3.63, 3.8) is 0 Å². The van der Waals surface area contributed by atoms with Crippen LogP contribution in [0, 0.1) is 0 Å². The molecule has 2 rings (SSSR count). The summed E-state index contributed by atoms with van der Waals surface area (Å²) in [5.41, 5.74) is 0.354. The lowest BCUT2D eigenvalue weighted by atomic mass is 10.2. The van der Waals surface area contributed by atoms with E-state index in [0.29, 0.717) is 5.56 Å². The summed E-state index contributed by atoms with van der Waals surface area (Å²) in [5, 5.41) is 5.48. The van der Waals surface area contributed by atoms with Crippen molar-refractivity contribution in [1.82, 2.24) is 15.4 Å². The highest BCUT2D eigenvalue weighted by atomic mass is 32.2. The number of rotatable bonds is 9. The lowest BCUT2D eigenvalue weighted by molar-refractivity contribution is -0.121. The lowest BCUT2D eigenvalue weighted by Gasteiger charge is -2.11. The first kappa shape index (κ1) is 19.4. The average molecular weight is 367 g/mol. The molecule has 0 spiro atoms. The molecule has 0 radical (unpaired) electrons. The monoisotopic (exact) mass is 367 g/mol. The van der Waals surface area contributed by atoms with Gasteiger partial charge in [0.25, 0.3) is 5.91 Å². The molecule has 1 aliphatic carbocycles. The van der Waals surface area contributed by atoms with E-state index >= 15 is 0 Å². The fourth-order valence-corrected chi connectivity index (χ4v) is 3.42. The molecule has 0 saturated heterocycles. The molecular formula is C17H25N3O4S. The number of carbonyl (C=O) groups excluding carboxylic acids is 2. The summed E-state index contributed by atoms with van der Waals surface area (Å²) in [5.74, 6) is -0.447. The Morgan fingerprint density at radius 3 is 2.40 bits per heavy atom. The number of hydrogen-bond acceptors (Lipinski definition) is 4. The molecule has 25 heavy (non-hydrogen) atoms. The predicted octanol–water partition coefficient (Wildman–Crippen LogP) is 1.16. The van der Waals surface area contributed by atoms with Crippen LogP contribution in [0.5, 0.6) is 0 Å². The summed E-state index contributed by atoms with van der Waals surface area (Å²) in [6.45, 7) is 4.13. The molecule has 1 aliphatic rings. The van der Waals surface area contributed by atoms with Gasteiger partial charge in [-0.15, -0.1) is 0 Å². The summed E-state index contributed by atoms with van der Waals surface area (Å²) >= 11 is 0. The average Bonchev–Trinajstić information content (AvgIpc) is 3.38. The zero-order valence-corrected chi connectivity index (χ0v) is 15.4. The van der Waals surface area contributed by atoms with Crippen LogP contribution in [0.25, 0.3) is 0 Å². The first-order valence-electron chi connectivity index (χ1n) is 8.51. The second-order valence-corrected chi connectivity index (χ2v) is 8.02. The predicted molar refractivity (Wildman–Crippen MR) is 94.6 cm³/mol. The minimum atomic E-state index is -3.52. The third-order valence-electron chi connectivity index (χ3n) is 3.98. The number of amides is 2. The van der Waals surface area contributed by atoms with Crippen molar-refractivity contribution < 1.29 is 18.0 Å². The molecule has 1 saturated carbocycles. The van der Waals surface area contributed by atoms with Crippen LogP contribution in [0.2, 0.25) is 0 Å².